The van der Waals surface area contributed by atoms with E-state index < -0.39 is 0 Å². The van der Waals surface area contributed by atoms with Gasteiger partial charge in [0.15, 0.2) is 0 Å². The Balaban J connectivity index is 1.98. The van der Waals surface area contributed by atoms with Crippen molar-refractivity contribution in [3.63, 3.8) is 0 Å². The van der Waals surface area contributed by atoms with Crippen molar-refractivity contribution >= 4 is 0 Å². The van der Waals surface area contributed by atoms with Gasteiger partial charge in [-0.25, -0.2) is 0 Å². The van der Waals surface area contributed by atoms with Crippen molar-refractivity contribution in [1.82, 2.24) is 10.2 Å². The predicted molar refractivity (Wildman–Crippen MR) is 53.4 cm³/mol. The number of nitrogens with one attached hydrogen (secondary N) is 1. The average molecular weight is 170 g/mol. The van der Waals surface area contributed by atoms with E-state index in [4.69, 9.17) is 0 Å². The van der Waals surface area contributed by atoms with Gasteiger partial charge in [0.1, 0.15) is 0 Å². The quantitative estimate of drug-likeness (QED) is 0.687. The van der Waals surface area contributed by atoms with E-state index in [9.17, 15) is 0 Å². The number of hydrogen-bond donors (Lipinski definition) is 1. The minimum Gasteiger partial charge on any atom is -0.313 e. The Labute approximate surface area is 76.3 Å². The Morgan fingerprint density at radius 3 is 2.42 bits per heavy atom. The van der Waals surface area contributed by atoms with Gasteiger partial charge in [0.05, 0.1) is 0 Å². The Bertz CT molecular complexity index is 106. The van der Waals surface area contributed by atoms with Gasteiger partial charge in [0.25, 0.3) is 0 Å². The molecule has 0 spiro atoms. The Morgan fingerprint density at radius 1 is 1.17 bits per heavy atom. The molecule has 0 aromatic rings. The van der Waals surface area contributed by atoms with Crippen molar-refractivity contribution in [3.8, 4) is 0 Å². The molecule has 1 saturated heterocycles. The molecule has 0 atom stereocenters. The minimum atomic E-state index is 0.634. The molecule has 0 aliphatic carbocycles. The smallest absolute Gasteiger partial charge is 0.0107 e. The second-order valence-electron chi connectivity index (χ2n) is 4.01. The van der Waals surface area contributed by atoms with E-state index in [1.807, 2.05) is 0 Å². The first-order valence-electron chi connectivity index (χ1n) is 5.25. The van der Waals surface area contributed by atoms with Gasteiger partial charge in [0.2, 0.25) is 0 Å². The average Bonchev–Trinajstić information content (AvgIpc) is 2.05. The molecule has 1 N–H and O–H groups in total. The van der Waals surface area contributed by atoms with Crippen molar-refractivity contribution in [3.05, 3.63) is 0 Å². The number of nitrogens with zero attached hydrogens (tertiary/aromatic N) is 1. The van der Waals surface area contributed by atoms with Crippen LogP contribution < -0.4 is 5.32 Å². The molecule has 1 rings (SSSR count). The van der Waals surface area contributed by atoms with Crippen LogP contribution in [0, 0.1) is 0 Å². The molecule has 1 heterocycles. The van der Waals surface area contributed by atoms with Crippen LogP contribution in [0.3, 0.4) is 0 Å². The van der Waals surface area contributed by atoms with Gasteiger partial charge >= 0.3 is 0 Å². The molecule has 0 radical (unpaired) electrons. The summed E-state index contributed by atoms with van der Waals surface area (Å²) in [6.45, 7) is 9.43. The van der Waals surface area contributed by atoms with Crippen LogP contribution in [0.1, 0.15) is 33.1 Å². The van der Waals surface area contributed by atoms with Crippen LogP contribution in [-0.4, -0.2) is 37.1 Å². The Morgan fingerprint density at radius 2 is 1.83 bits per heavy atom. The molecular formula is C10H22N2. The van der Waals surface area contributed by atoms with Gasteiger partial charge in [-0.3, -0.25) is 0 Å². The maximum absolute atomic E-state index is 3.45. The fourth-order valence-electron chi connectivity index (χ4n) is 1.69. The molecule has 0 saturated carbocycles. The summed E-state index contributed by atoms with van der Waals surface area (Å²) in [5, 5.41) is 3.45. The van der Waals surface area contributed by atoms with E-state index in [0.29, 0.717) is 6.04 Å². The summed E-state index contributed by atoms with van der Waals surface area (Å²) in [4.78, 5) is 2.57. The van der Waals surface area contributed by atoms with Gasteiger partial charge < -0.3 is 10.2 Å². The molecule has 0 aromatic carbocycles. The highest BCUT2D eigenvalue weighted by atomic mass is 15.1. The zero-order chi connectivity index (χ0) is 8.81. The molecule has 2 heteroatoms. The lowest BCUT2D eigenvalue weighted by Crippen LogP contribution is -2.37. The molecule has 1 aliphatic rings. The Hall–Kier alpha value is -0.0800. The van der Waals surface area contributed by atoms with Crippen LogP contribution in [0.5, 0.6) is 0 Å². The lowest BCUT2D eigenvalue weighted by molar-refractivity contribution is 0.227. The molecule has 0 aromatic heterocycles. The van der Waals surface area contributed by atoms with Gasteiger partial charge in [0, 0.05) is 19.1 Å². The van der Waals surface area contributed by atoms with Gasteiger partial charge in [-0.15, -0.1) is 0 Å². The third kappa shape index (κ3) is 4.07. The molecule has 12 heavy (non-hydrogen) atoms. The Kier molecular flexibility index (Phi) is 4.62. The lowest BCUT2D eigenvalue weighted by atomic mass is 10.1. The van der Waals surface area contributed by atoms with Crippen LogP contribution >= 0.6 is 0 Å². The van der Waals surface area contributed by atoms with Crippen LogP contribution in [0.2, 0.25) is 0 Å². The van der Waals surface area contributed by atoms with Crippen molar-refractivity contribution in [1.29, 1.82) is 0 Å². The molecule has 0 bridgehead atoms. The third-order valence-corrected chi connectivity index (χ3v) is 2.43. The van der Waals surface area contributed by atoms with Crippen LogP contribution in [-0.2, 0) is 0 Å². The van der Waals surface area contributed by atoms with E-state index >= 15 is 0 Å². The molecule has 72 valence electrons. The SMILES string of the molecule is CC(C)NCCN1CCCCC1. The monoisotopic (exact) mass is 170 g/mol. The first-order chi connectivity index (χ1) is 5.79. The first kappa shape index (κ1) is 10.0. The highest BCUT2D eigenvalue weighted by Gasteiger charge is 2.08. The first-order valence-corrected chi connectivity index (χ1v) is 5.25. The highest BCUT2D eigenvalue weighted by molar-refractivity contribution is 4.65. The van der Waals surface area contributed by atoms with Crippen LogP contribution in [0.15, 0.2) is 0 Å². The van der Waals surface area contributed by atoms with E-state index in [1.54, 1.807) is 0 Å². The van der Waals surface area contributed by atoms with Crippen LogP contribution in [0.25, 0.3) is 0 Å². The number of likely N-dealkylation sites (tertiary alicyclic amines) is 1. The van der Waals surface area contributed by atoms with Crippen molar-refractivity contribution in [2.24, 2.45) is 0 Å². The highest BCUT2D eigenvalue weighted by Crippen LogP contribution is 2.07. The zero-order valence-corrected chi connectivity index (χ0v) is 8.47. The number of rotatable bonds is 4. The predicted octanol–water partition coefficient (Wildman–Crippen LogP) is 1.47. The summed E-state index contributed by atoms with van der Waals surface area (Å²) in [5.74, 6) is 0. The van der Waals surface area contributed by atoms with Gasteiger partial charge in [-0.05, 0) is 25.9 Å². The van der Waals surface area contributed by atoms with Crippen molar-refractivity contribution < 1.29 is 0 Å². The maximum Gasteiger partial charge on any atom is 0.0107 e. The van der Waals surface area contributed by atoms with E-state index in [1.165, 1.54) is 38.9 Å². The maximum atomic E-state index is 3.45. The molecule has 2 nitrogen and oxygen atoms in total. The molecular weight excluding hydrogens is 148 g/mol. The second-order valence-corrected chi connectivity index (χ2v) is 4.01. The van der Waals surface area contributed by atoms with Crippen molar-refractivity contribution in [2.75, 3.05) is 26.2 Å². The normalized spacial score (nSPS) is 20.2. The largest absolute Gasteiger partial charge is 0.313 e. The lowest BCUT2D eigenvalue weighted by Gasteiger charge is -2.26. The summed E-state index contributed by atoms with van der Waals surface area (Å²) in [5.41, 5.74) is 0. The number of hydrogen-bond acceptors (Lipinski definition) is 2. The summed E-state index contributed by atoms with van der Waals surface area (Å²) in [7, 11) is 0. The number of piperidine rings is 1. The third-order valence-electron chi connectivity index (χ3n) is 2.43. The molecule has 1 fully saturated rings. The van der Waals surface area contributed by atoms with Gasteiger partial charge in [-0.2, -0.15) is 0 Å². The fraction of sp³-hybridized carbons (Fsp3) is 1.00. The van der Waals surface area contributed by atoms with E-state index in [2.05, 4.69) is 24.1 Å². The molecule has 0 unspecified atom stereocenters. The zero-order valence-electron chi connectivity index (χ0n) is 8.47. The molecule has 1 aliphatic heterocycles. The second kappa shape index (κ2) is 5.55. The topological polar surface area (TPSA) is 15.3 Å². The summed E-state index contributed by atoms with van der Waals surface area (Å²) in [6.07, 6.45) is 4.25. The standard InChI is InChI=1S/C10H22N2/c1-10(2)11-6-9-12-7-4-3-5-8-12/h10-11H,3-9H2,1-2H3. The van der Waals surface area contributed by atoms with E-state index in [-0.39, 0.29) is 0 Å². The van der Waals surface area contributed by atoms with Crippen LogP contribution in [0.4, 0.5) is 0 Å². The minimum absolute atomic E-state index is 0.634. The van der Waals surface area contributed by atoms with Gasteiger partial charge in [-0.1, -0.05) is 20.3 Å². The van der Waals surface area contributed by atoms with Crippen molar-refractivity contribution in [2.45, 2.75) is 39.2 Å². The summed E-state index contributed by atoms with van der Waals surface area (Å²) >= 11 is 0. The fourth-order valence-corrected chi connectivity index (χ4v) is 1.69. The summed E-state index contributed by atoms with van der Waals surface area (Å²) < 4.78 is 0. The summed E-state index contributed by atoms with van der Waals surface area (Å²) in [6, 6.07) is 0.634. The van der Waals surface area contributed by atoms with E-state index in [0.717, 1.165) is 6.54 Å². The molecule has 0 amide bonds.